The number of carbonyl (C=O) groups excluding carboxylic acids is 1. The van der Waals surface area contributed by atoms with Crippen molar-refractivity contribution in [3.63, 3.8) is 0 Å². The minimum Gasteiger partial charge on any atom is -0.445 e. The number of amides is 1. The summed E-state index contributed by atoms with van der Waals surface area (Å²) in [6, 6.07) is 9.44. The molecule has 0 fully saturated rings. The highest BCUT2D eigenvalue weighted by Crippen LogP contribution is 2.25. The van der Waals surface area contributed by atoms with Crippen LogP contribution in [0.25, 0.3) is 6.08 Å². The van der Waals surface area contributed by atoms with Crippen LogP contribution in [0.1, 0.15) is 11.1 Å². The van der Waals surface area contributed by atoms with Crippen LogP contribution < -0.4 is 5.32 Å². The molecule has 0 aliphatic rings. The Morgan fingerprint density at radius 3 is 2.54 bits per heavy atom. The van der Waals surface area contributed by atoms with E-state index >= 15 is 0 Å². The lowest BCUT2D eigenvalue weighted by atomic mass is 10.2. The normalized spacial score (nSPS) is 10.8. The Hall–Kier alpha value is -1.76. The third kappa shape index (κ3) is 5.70. The highest BCUT2D eigenvalue weighted by Gasteiger charge is 2.08. The van der Waals surface area contributed by atoms with E-state index in [4.69, 9.17) is 27.9 Å². The first-order chi connectivity index (χ1) is 11.6. The molecule has 2 aromatic rings. The average Bonchev–Trinajstić information content (AvgIpc) is 2.59. The zero-order chi connectivity index (χ0) is 17.4. The third-order valence-electron chi connectivity index (χ3n) is 2.88. The molecule has 126 valence electrons. The Morgan fingerprint density at radius 1 is 1.25 bits per heavy atom. The lowest BCUT2D eigenvalue weighted by Gasteiger charge is -2.05. The molecular formula is C16H15Cl2N3O2S. The molecule has 0 atom stereocenters. The van der Waals surface area contributed by atoms with Crippen LogP contribution in [-0.4, -0.2) is 28.9 Å². The van der Waals surface area contributed by atoms with E-state index in [0.717, 1.165) is 5.56 Å². The summed E-state index contributed by atoms with van der Waals surface area (Å²) in [4.78, 5) is 19.8. The molecule has 1 amide bonds. The quantitative estimate of drug-likeness (QED) is 0.453. The molecule has 0 aliphatic carbocycles. The third-order valence-corrected chi connectivity index (χ3v) is 4.00. The number of ether oxygens (including phenoxy) is 1. The SMILES string of the molecule is CSc1nc(Cl)c(C=CCNC(=O)OCc2ccccc2)c(Cl)n1. The average molecular weight is 384 g/mol. The Kier molecular flexibility index (Phi) is 7.36. The Balaban J connectivity index is 1.81. The summed E-state index contributed by atoms with van der Waals surface area (Å²) in [6.45, 7) is 0.489. The first-order valence-electron chi connectivity index (χ1n) is 6.98. The van der Waals surface area contributed by atoms with E-state index in [9.17, 15) is 4.79 Å². The first kappa shape index (κ1) is 18.6. The zero-order valence-electron chi connectivity index (χ0n) is 12.8. The Morgan fingerprint density at radius 2 is 1.92 bits per heavy atom. The lowest BCUT2D eigenvalue weighted by Crippen LogP contribution is -2.24. The second kappa shape index (κ2) is 9.52. The van der Waals surface area contributed by atoms with Crippen LogP contribution in [0.5, 0.6) is 0 Å². The molecule has 1 heterocycles. The summed E-state index contributed by atoms with van der Waals surface area (Å²) < 4.78 is 5.09. The predicted octanol–water partition coefficient (Wildman–Crippen LogP) is 4.44. The molecule has 1 aromatic heterocycles. The van der Waals surface area contributed by atoms with Gasteiger partial charge in [-0.1, -0.05) is 77.4 Å². The van der Waals surface area contributed by atoms with Crippen LogP contribution in [0.4, 0.5) is 4.79 Å². The molecule has 1 N–H and O–H groups in total. The van der Waals surface area contributed by atoms with E-state index in [1.165, 1.54) is 11.8 Å². The molecule has 5 nitrogen and oxygen atoms in total. The standard InChI is InChI=1S/C16H15Cl2N3O2S/c1-24-15-20-13(17)12(14(18)21-15)8-5-9-19-16(22)23-10-11-6-3-2-4-7-11/h2-8H,9-10H2,1H3,(H,19,22). The van der Waals surface area contributed by atoms with Gasteiger partial charge in [-0.25, -0.2) is 14.8 Å². The van der Waals surface area contributed by atoms with Crippen molar-refractivity contribution < 1.29 is 9.53 Å². The van der Waals surface area contributed by atoms with Gasteiger partial charge in [0.2, 0.25) is 0 Å². The first-order valence-corrected chi connectivity index (χ1v) is 8.96. The van der Waals surface area contributed by atoms with Gasteiger partial charge in [-0.3, -0.25) is 0 Å². The molecule has 1 aromatic carbocycles. The largest absolute Gasteiger partial charge is 0.445 e. The fraction of sp³-hybridized carbons (Fsp3) is 0.188. The molecular weight excluding hydrogens is 369 g/mol. The zero-order valence-corrected chi connectivity index (χ0v) is 15.2. The van der Waals surface area contributed by atoms with Crippen LogP contribution in [0.15, 0.2) is 41.6 Å². The van der Waals surface area contributed by atoms with Crippen molar-refractivity contribution in [2.24, 2.45) is 0 Å². The second-order valence-corrected chi connectivity index (χ2v) is 6.04. The minimum atomic E-state index is -0.505. The molecule has 2 rings (SSSR count). The van der Waals surface area contributed by atoms with Crippen molar-refractivity contribution in [1.29, 1.82) is 0 Å². The molecule has 0 unspecified atom stereocenters. The number of benzene rings is 1. The van der Waals surface area contributed by atoms with Crippen molar-refractivity contribution in [2.45, 2.75) is 11.8 Å². The number of carbonyl (C=O) groups is 1. The number of rotatable bonds is 6. The number of nitrogens with one attached hydrogen (secondary N) is 1. The van der Waals surface area contributed by atoms with E-state index in [-0.39, 0.29) is 23.5 Å². The van der Waals surface area contributed by atoms with Crippen molar-refractivity contribution in [3.8, 4) is 0 Å². The minimum absolute atomic E-state index is 0.220. The number of aromatic nitrogens is 2. The van der Waals surface area contributed by atoms with Gasteiger partial charge in [0.15, 0.2) is 5.16 Å². The number of alkyl carbamates (subject to hydrolysis) is 1. The van der Waals surface area contributed by atoms with Crippen LogP contribution in [-0.2, 0) is 11.3 Å². The number of nitrogens with zero attached hydrogens (tertiary/aromatic N) is 2. The van der Waals surface area contributed by atoms with E-state index in [1.807, 2.05) is 36.6 Å². The molecule has 24 heavy (non-hydrogen) atoms. The van der Waals surface area contributed by atoms with Gasteiger partial charge in [-0.05, 0) is 11.8 Å². The van der Waals surface area contributed by atoms with Crippen LogP contribution >= 0.6 is 35.0 Å². The van der Waals surface area contributed by atoms with Crippen molar-refractivity contribution in [1.82, 2.24) is 15.3 Å². The van der Waals surface area contributed by atoms with Gasteiger partial charge in [0.25, 0.3) is 0 Å². The number of hydrogen-bond acceptors (Lipinski definition) is 5. The number of thioether (sulfide) groups is 1. The highest BCUT2D eigenvalue weighted by atomic mass is 35.5. The van der Waals surface area contributed by atoms with Crippen LogP contribution in [0.3, 0.4) is 0 Å². The Bertz CT molecular complexity index is 704. The molecule has 0 radical (unpaired) electrons. The number of hydrogen-bond donors (Lipinski definition) is 1. The van der Waals surface area contributed by atoms with Crippen LogP contribution in [0.2, 0.25) is 10.3 Å². The van der Waals surface area contributed by atoms with E-state index in [1.54, 1.807) is 12.2 Å². The van der Waals surface area contributed by atoms with E-state index in [2.05, 4.69) is 15.3 Å². The fourth-order valence-corrected chi connectivity index (χ4v) is 2.70. The molecule has 8 heteroatoms. The lowest BCUT2D eigenvalue weighted by molar-refractivity contribution is 0.141. The van der Waals surface area contributed by atoms with Gasteiger partial charge in [-0.2, -0.15) is 0 Å². The van der Waals surface area contributed by atoms with Gasteiger partial charge < -0.3 is 10.1 Å². The molecule has 0 bridgehead atoms. The van der Waals surface area contributed by atoms with Gasteiger partial charge >= 0.3 is 6.09 Å². The summed E-state index contributed by atoms with van der Waals surface area (Å²) in [5, 5.41) is 3.64. The van der Waals surface area contributed by atoms with Crippen LogP contribution in [0, 0.1) is 0 Å². The van der Waals surface area contributed by atoms with Gasteiger partial charge in [-0.15, -0.1) is 0 Å². The predicted molar refractivity (Wildman–Crippen MR) is 97.5 cm³/mol. The molecule has 0 saturated heterocycles. The smallest absolute Gasteiger partial charge is 0.407 e. The van der Waals surface area contributed by atoms with Gasteiger partial charge in [0.1, 0.15) is 16.9 Å². The highest BCUT2D eigenvalue weighted by molar-refractivity contribution is 7.98. The summed E-state index contributed by atoms with van der Waals surface area (Å²) in [7, 11) is 0. The maximum Gasteiger partial charge on any atom is 0.407 e. The van der Waals surface area contributed by atoms with Gasteiger partial charge in [0.05, 0.1) is 0 Å². The summed E-state index contributed by atoms with van der Waals surface area (Å²) in [5.41, 5.74) is 1.43. The maximum atomic E-state index is 11.6. The molecule has 0 spiro atoms. The van der Waals surface area contributed by atoms with E-state index in [0.29, 0.717) is 10.7 Å². The maximum absolute atomic E-state index is 11.6. The topological polar surface area (TPSA) is 64.1 Å². The fourth-order valence-electron chi connectivity index (χ4n) is 1.72. The van der Waals surface area contributed by atoms with Crippen molar-refractivity contribution >= 4 is 47.1 Å². The van der Waals surface area contributed by atoms with Crippen molar-refractivity contribution in [3.05, 3.63) is 57.8 Å². The molecule has 0 aliphatic heterocycles. The second-order valence-electron chi connectivity index (χ2n) is 4.55. The van der Waals surface area contributed by atoms with E-state index < -0.39 is 6.09 Å². The Labute approximate surface area is 154 Å². The monoisotopic (exact) mass is 383 g/mol. The number of halogens is 2. The van der Waals surface area contributed by atoms with Crippen molar-refractivity contribution in [2.75, 3.05) is 12.8 Å². The van der Waals surface area contributed by atoms with Gasteiger partial charge in [0, 0.05) is 12.1 Å². The molecule has 0 saturated carbocycles. The summed E-state index contributed by atoms with van der Waals surface area (Å²) >= 11 is 13.5. The summed E-state index contributed by atoms with van der Waals surface area (Å²) in [6.07, 6.45) is 4.68. The summed E-state index contributed by atoms with van der Waals surface area (Å²) in [5.74, 6) is 0.